The molecular formula is C13H14O. The van der Waals surface area contributed by atoms with Crippen LogP contribution in [0, 0.1) is 0 Å². The number of carbonyl (C=O) groups excluding carboxylic acids is 1. The van der Waals surface area contributed by atoms with Crippen molar-refractivity contribution in [2.24, 2.45) is 0 Å². The molecule has 0 saturated carbocycles. The van der Waals surface area contributed by atoms with Gasteiger partial charge in [-0.2, -0.15) is 0 Å². The first-order chi connectivity index (χ1) is 6.86. The van der Waals surface area contributed by atoms with Crippen molar-refractivity contribution in [2.75, 3.05) is 0 Å². The molecule has 0 unspecified atom stereocenters. The number of Topliss-reactive ketones (excluding diaryl/α,β-unsaturated/α-hetero) is 1. The lowest BCUT2D eigenvalue weighted by molar-refractivity contribution is 0.0993. The summed E-state index contributed by atoms with van der Waals surface area (Å²) in [6.07, 6.45) is 6.57. The van der Waals surface area contributed by atoms with Gasteiger partial charge in [-0.25, -0.2) is 0 Å². The maximum Gasteiger partial charge on any atom is 0.163 e. The number of ketones is 1. The van der Waals surface area contributed by atoms with E-state index < -0.39 is 0 Å². The summed E-state index contributed by atoms with van der Waals surface area (Å²) in [5.74, 6) is 0.388. The molecule has 0 bridgehead atoms. The third kappa shape index (κ3) is 1.05. The summed E-state index contributed by atoms with van der Waals surface area (Å²) in [4.78, 5) is 11.7. The van der Waals surface area contributed by atoms with E-state index in [-0.39, 0.29) is 0 Å². The Labute approximate surface area is 84.1 Å². The van der Waals surface area contributed by atoms with Crippen molar-refractivity contribution in [3.63, 3.8) is 0 Å². The van der Waals surface area contributed by atoms with Gasteiger partial charge in [-0.3, -0.25) is 4.79 Å². The van der Waals surface area contributed by atoms with Crippen molar-refractivity contribution < 1.29 is 4.79 Å². The minimum absolute atomic E-state index is 0.388. The number of carbonyl (C=O) groups is 1. The van der Waals surface area contributed by atoms with Gasteiger partial charge in [0, 0.05) is 12.0 Å². The van der Waals surface area contributed by atoms with E-state index in [1.807, 2.05) is 0 Å². The van der Waals surface area contributed by atoms with E-state index >= 15 is 0 Å². The van der Waals surface area contributed by atoms with Crippen molar-refractivity contribution in [1.82, 2.24) is 0 Å². The number of hydrogen-bond donors (Lipinski definition) is 0. The molecule has 1 aromatic rings. The van der Waals surface area contributed by atoms with Crippen LogP contribution in [-0.4, -0.2) is 5.78 Å². The normalized spacial score (nSPS) is 19.3. The summed E-state index contributed by atoms with van der Waals surface area (Å²) in [6.45, 7) is 0. The molecule has 0 saturated heterocycles. The lowest BCUT2D eigenvalue weighted by Crippen LogP contribution is -2.08. The molecule has 0 aliphatic heterocycles. The maximum absolute atomic E-state index is 11.7. The predicted octanol–water partition coefficient (Wildman–Crippen LogP) is 2.69. The van der Waals surface area contributed by atoms with Gasteiger partial charge in [-0.15, -0.1) is 0 Å². The lowest BCUT2D eigenvalue weighted by atomic mass is 9.86. The van der Waals surface area contributed by atoms with Gasteiger partial charge < -0.3 is 0 Å². The van der Waals surface area contributed by atoms with Crippen LogP contribution >= 0.6 is 0 Å². The largest absolute Gasteiger partial charge is 0.294 e. The van der Waals surface area contributed by atoms with E-state index in [2.05, 4.69) is 12.1 Å². The van der Waals surface area contributed by atoms with Gasteiger partial charge in [0.25, 0.3) is 0 Å². The minimum atomic E-state index is 0.388. The second kappa shape index (κ2) is 2.94. The molecule has 2 aliphatic rings. The van der Waals surface area contributed by atoms with Gasteiger partial charge in [-0.1, -0.05) is 12.1 Å². The van der Waals surface area contributed by atoms with Crippen molar-refractivity contribution in [3.05, 3.63) is 34.4 Å². The highest BCUT2D eigenvalue weighted by atomic mass is 16.1. The Morgan fingerprint density at radius 3 is 2.57 bits per heavy atom. The number of fused-ring (bicyclic) bond motifs is 3. The number of aryl methyl sites for hydroxylation is 2. The second-order valence-electron chi connectivity index (χ2n) is 4.37. The van der Waals surface area contributed by atoms with Crippen LogP contribution in [0.15, 0.2) is 12.1 Å². The summed E-state index contributed by atoms with van der Waals surface area (Å²) in [7, 11) is 0. The van der Waals surface area contributed by atoms with Gasteiger partial charge in [-0.05, 0) is 48.8 Å². The highest BCUT2D eigenvalue weighted by Crippen LogP contribution is 2.32. The zero-order chi connectivity index (χ0) is 9.54. The molecular weight excluding hydrogens is 172 g/mol. The first-order valence-electron chi connectivity index (χ1n) is 5.53. The van der Waals surface area contributed by atoms with Crippen LogP contribution in [0.3, 0.4) is 0 Å². The highest BCUT2D eigenvalue weighted by Gasteiger charge is 2.25. The number of benzene rings is 1. The average Bonchev–Trinajstić information content (AvgIpc) is 2.61. The van der Waals surface area contributed by atoms with Crippen LogP contribution in [0.4, 0.5) is 0 Å². The molecule has 0 atom stereocenters. The molecule has 0 fully saturated rings. The standard InChI is InChI=1S/C13H14O/c14-12-8-7-10-6-5-9-3-1-2-4-11(9)13(10)12/h5-6H,1-4,7-8H2. The Kier molecular flexibility index (Phi) is 1.73. The van der Waals surface area contributed by atoms with Gasteiger partial charge in [0.05, 0.1) is 0 Å². The Morgan fingerprint density at radius 2 is 1.64 bits per heavy atom. The van der Waals surface area contributed by atoms with Crippen LogP contribution in [0.5, 0.6) is 0 Å². The van der Waals surface area contributed by atoms with E-state index in [9.17, 15) is 4.79 Å². The smallest absolute Gasteiger partial charge is 0.163 e. The molecule has 0 radical (unpaired) electrons. The van der Waals surface area contributed by atoms with Crippen molar-refractivity contribution >= 4 is 5.78 Å². The van der Waals surface area contributed by atoms with Crippen LogP contribution < -0.4 is 0 Å². The first kappa shape index (κ1) is 8.22. The van der Waals surface area contributed by atoms with Gasteiger partial charge in [0.2, 0.25) is 0 Å². The number of hydrogen-bond acceptors (Lipinski definition) is 1. The fraction of sp³-hybridized carbons (Fsp3) is 0.462. The molecule has 1 aromatic carbocycles. The zero-order valence-electron chi connectivity index (χ0n) is 8.31. The van der Waals surface area contributed by atoms with Crippen LogP contribution in [0.2, 0.25) is 0 Å². The zero-order valence-corrected chi connectivity index (χ0v) is 8.31. The summed E-state index contributed by atoms with van der Waals surface area (Å²) in [5, 5.41) is 0. The van der Waals surface area contributed by atoms with E-state index in [1.165, 1.54) is 36.0 Å². The van der Waals surface area contributed by atoms with E-state index in [0.29, 0.717) is 5.78 Å². The summed E-state index contributed by atoms with van der Waals surface area (Å²) < 4.78 is 0. The monoisotopic (exact) mass is 186 g/mol. The van der Waals surface area contributed by atoms with Gasteiger partial charge >= 0.3 is 0 Å². The van der Waals surface area contributed by atoms with Crippen molar-refractivity contribution in [3.8, 4) is 0 Å². The van der Waals surface area contributed by atoms with Gasteiger partial charge in [0.1, 0.15) is 0 Å². The summed E-state index contributed by atoms with van der Waals surface area (Å²) in [5.41, 5.74) is 5.22. The Balaban J connectivity index is 2.23. The molecule has 0 aromatic heterocycles. The molecule has 0 amide bonds. The van der Waals surface area contributed by atoms with Crippen molar-refractivity contribution in [1.29, 1.82) is 0 Å². The molecule has 2 aliphatic carbocycles. The fourth-order valence-electron chi connectivity index (χ4n) is 2.81. The topological polar surface area (TPSA) is 17.1 Å². The third-order valence-electron chi connectivity index (χ3n) is 3.52. The predicted molar refractivity (Wildman–Crippen MR) is 55.7 cm³/mol. The van der Waals surface area contributed by atoms with Gasteiger partial charge in [0.15, 0.2) is 5.78 Å². The maximum atomic E-state index is 11.7. The quantitative estimate of drug-likeness (QED) is 0.609. The van der Waals surface area contributed by atoms with Crippen LogP contribution in [0.25, 0.3) is 0 Å². The molecule has 0 N–H and O–H groups in total. The number of rotatable bonds is 0. The fourth-order valence-corrected chi connectivity index (χ4v) is 2.81. The third-order valence-corrected chi connectivity index (χ3v) is 3.52. The molecule has 0 spiro atoms. The molecule has 72 valence electrons. The van der Waals surface area contributed by atoms with E-state index in [1.54, 1.807) is 0 Å². The lowest BCUT2D eigenvalue weighted by Gasteiger charge is -2.18. The first-order valence-corrected chi connectivity index (χ1v) is 5.53. The van der Waals surface area contributed by atoms with Crippen molar-refractivity contribution in [2.45, 2.75) is 38.5 Å². The Morgan fingerprint density at radius 1 is 0.857 bits per heavy atom. The van der Waals surface area contributed by atoms with Crippen LogP contribution in [-0.2, 0) is 19.3 Å². The molecule has 14 heavy (non-hydrogen) atoms. The minimum Gasteiger partial charge on any atom is -0.294 e. The van der Waals surface area contributed by atoms with E-state index in [0.717, 1.165) is 24.8 Å². The molecule has 1 nitrogen and oxygen atoms in total. The Bertz CT molecular complexity index is 404. The highest BCUT2D eigenvalue weighted by molar-refractivity contribution is 6.02. The molecule has 3 rings (SSSR count). The van der Waals surface area contributed by atoms with Crippen LogP contribution in [0.1, 0.15) is 46.3 Å². The molecule has 0 heterocycles. The summed E-state index contributed by atoms with van der Waals surface area (Å²) >= 11 is 0. The second-order valence-corrected chi connectivity index (χ2v) is 4.37. The summed E-state index contributed by atoms with van der Waals surface area (Å²) in [6, 6.07) is 4.41. The SMILES string of the molecule is O=C1CCc2ccc3c(c21)CCCC3. The Hall–Kier alpha value is -1.11. The molecule has 1 heteroatoms. The van der Waals surface area contributed by atoms with E-state index in [4.69, 9.17) is 0 Å². The average molecular weight is 186 g/mol.